The minimum Gasteiger partial charge on any atom is -0.342 e. The van der Waals surface area contributed by atoms with E-state index in [1.807, 2.05) is 0 Å². The third-order valence-electron chi connectivity index (χ3n) is 3.58. The van der Waals surface area contributed by atoms with Crippen LogP contribution in [0.5, 0.6) is 0 Å². The lowest BCUT2D eigenvalue weighted by Crippen LogP contribution is -2.42. The van der Waals surface area contributed by atoms with Crippen molar-refractivity contribution < 1.29 is 13.6 Å². The highest BCUT2D eigenvalue weighted by molar-refractivity contribution is 5.85. The summed E-state index contributed by atoms with van der Waals surface area (Å²) < 4.78 is 26.6. The van der Waals surface area contributed by atoms with E-state index in [1.165, 1.54) is 12.1 Å². The first kappa shape index (κ1) is 16.9. The summed E-state index contributed by atoms with van der Waals surface area (Å²) in [4.78, 5) is 13.8. The van der Waals surface area contributed by atoms with Crippen LogP contribution in [0.3, 0.4) is 0 Å². The Labute approximate surface area is 123 Å². The molecule has 2 N–H and O–H groups in total. The molecule has 0 aliphatic carbocycles. The van der Waals surface area contributed by atoms with Crippen molar-refractivity contribution in [3.8, 4) is 0 Å². The number of hydrogen-bond acceptors (Lipinski definition) is 2. The number of piperidine rings is 1. The lowest BCUT2D eigenvalue weighted by atomic mass is 9.97. The summed E-state index contributed by atoms with van der Waals surface area (Å²) in [6, 6.07) is 3.91. The summed E-state index contributed by atoms with van der Waals surface area (Å²) in [6.45, 7) is 1.84. The molecule has 20 heavy (non-hydrogen) atoms. The molecule has 1 aromatic carbocycles. The van der Waals surface area contributed by atoms with Crippen molar-refractivity contribution in [3.63, 3.8) is 0 Å². The Morgan fingerprint density at radius 2 is 2.15 bits per heavy atom. The van der Waals surface area contributed by atoms with E-state index in [-0.39, 0.29) is 30.3 Å². The number of likely N-dealkylation sites (tertiary alicyclic amines) is 1. The predicted molar refractivity (Wildman–Crippen MR) is 75.7 cm³/mol. The average Bonchev–Trinajstić information content (AvgIpc) is 2.44. The SMILES string of the molecule is Cl.NCC1CCCN(C(=O)Cc2cccc(F)c2F)C1. The number of hydrogen-bond donors (Lipinski definition) is 1. The number of carbonyl (C=O) groups is 1. The van der Waals surface area contributed by atoms with Crippen LogP contribution in [0.25, 0.3) is 0 Å². The van der Waals surface area contributed by atoms with Crippen molar-refractivity contribution >= 4 is 18.3 Å². The van der Waals surface area contributed by atoms with Crippen LogP contribution in [0.4, 0.5) is 8.78 Å². The van der Waals surface area contributed by atoms with Crippen LogP contribution in [-0.2, 0) is 11.2 Å². The molecule has 1 aliphatic rings. The molecule has 1 heterocycles. The Morgan fingerprint density at radius 3 is 2.85 bits per heavy atom. The molecular weight excluding hydrogens is 286 g/mol. The topological polar surface area (TPSA) is 46.3 Å². The quantitative estimate of drug-likeness (QED) is 0.930. The molecule has 0 spiro atoms. The molecule has 1 amide bonds. The monoisotopic (exact) mass is 304 g/mol. The van der Waals surface area contributed by atoms with Gasteiger partial charge in [0.15, 0.2) is 11.6 Å². The largest absolute Gasteiger partial charge is 0.342 e. The van der Waals surface area contributed by atoms with E-state index in [1.54, 1.807) is 4.90 Å². The Hall–Kier alpha value is -1.20. The molecule has 1 aromatic rings. The first-order valence-electron chi connectivity index (χ1n) is 6.52. The average molecular weight is 305 g/mol. The summed E-state index contributed by atoms with van der Waals surface area (Å²) >= 11 is 0. The Bertz CT molecular complexity index is 470. The van der Waals surface area contributed by atoms with E-state index in [0.717, 1.165) is 18.9 Å². The van der Waals surface area contributed by atoms with Gasteiger partial charge in [0.05, 0.1) is 6.42 Å². The van der Waals surface area contributed by atoms with E-state index in [2.05, 4.69) is 0 Å². The lowest BCUT2D eigenvalue weighted by Gasteiger charge is -2.32. The molecule has 0 aromatic heterocycles. The maximum atomic E-state index is 13.5. The number of benzene rings is 1. The first-order valence-corrected chi connectivity index (χ1v) is 6.52. The highest BCUT2D eigenvalue weighted by Crippen LogP contribution is 2.18. The van der Waals surface area contributed by atoms with Crippen LogP contribution >= 0.6 is 12.4 Å². The Kier molecular flexibility index (Phi) is 6.36. The first-order chi connectivity index (χ1) is 9.11. The minimum absolute atomic E-state index is 0. The lowest BCUT2D eigenvalue weighted by molar-refractivity contribution is -0.132. The zero-order valence-electron chi connectivity index (χ0n) is 11.1. The highest BCUT2D eigenvalue weighted by Gasteiger charge is 2.23. The van der Waals surface area contributed by atoms with Crippen molar-refractivity contribution in [1.82, 2.24) is 4.90 Å². The summed E-state index contributed by atoms with van der Waals surface area (Å²) in [7, 11) is 0. The van der Waals surface area contributed by atoms with Gasteiger partial charge in [-0.1, -0.05) is 12.1 Å². The predicted octanol–water partition coefficient (Wildman–Crippen LogP) is 2.13. The van der Waals surface area contributed by atoms with Crippen molar-refractivity contribution in [2.24, 2.45) is 11.7 Å². The normalized spacial score (nSPS) is 18.6. The van der Waals surface area contributed by atoms with Crippen LogP contribution in [0.1, 0.15) is 18.4 Å². The summed E-state index contributed by atoms with van der Waals surface area (Å²) in [5, 5.41) is 0. The van der Waals surface area contributed by atoms with Crippen LogP contribution < -0.4 is 5.73 Å². The van der Waals surface area contributed by atoms with Gasteiger partial charge in [-0.3, -0.25) is 4.79 Å². The molecule has 0 radical (unpaired) electrons. The molecule has 112 valence electrons. The van der Waals surface area contributed by atoms with Crippen molar-refractivity contribution in [2.45, 2.75) is 19.3 Å². The molecule has 6 heteroatoms. The fraction of sp³-hybridized carbons (Fsp3) is 0.500. The Balaban J connectivity index is 0.00000200. The number of halogens is 3. The van der Waals surface area contributed by atoms with E-state index >= 15 is 0 Å². The number of rotatable bonds is 3. The fourth-order valence-corrected chi connectivity index (χ4v) is 2.44. The van der Waals surface area contributed by atoms with Gasteiger partial charge in [-0.15, -0.1) is 12.4 Å². The molecule has 0 saturated carbocycles. The molecule has 1 atom stereocenters. The van der Waals surface area contributed by atoms with Gasteiger partial charge in [0, 0.05) is 18.7 Å². The van der Waals surface area contributed by atoms with Crippen molar-refractivity contribution in [2.75, 3.05) is 19.6 Å². The second-order valence-corrected chi connectivity index (χ2v) is 4.97. The van der Waals surface area contributed by atoms with Crippen molar-refractivity contribution in [1.29, 1.82) is 0 Å². The van der Waals surface area contributed by atoms with Gasteiger partial charge in [0.2, 0.25) is 5.91 Å². The molecule has 0 bridgehead atoms. The molecule has 1 unspecified atom stereocenters. The number of nitrogens with zero attached hydrogens (tertiary/aromatic N) is 1. The van der Waals surface area contributed by atoms with E-state index < -0.39 is 11.6 Å². The third-order valence-corrected chi connectivity index (χ3v) is 3.58. The minimum atomic E-state index is -0.928. The smallest absolute Gasteiger partial charge is 0.227 e. The number of amides is 1. The summed E-state index contributed by atoms with van der Waals surface area (Å²) in [6.07, 6.45) is 1.84. The number of carbonyl (C=O) groups excluding carboxylic acids is 1. The van der Waals surface area contributed by atoms with Gasteiger partial charge in [-0.2, -0.15) is 0 Å². The molecule has 2 rings (SSSR count). The third kappa shape index (κ3) is 3.90. The van der Waals surface area contributed by atoms with Gasteiger partial charge in [0.1, 0.15) is 0 Å². The number of nitrogens with two attached hydrogens (primary N) is 1. The standard InChI is InChI=1S/C14H18F2N2O.ClH/c15-12-5-1-4-11(14(12)16)7-13(19)18-6-2-3-10(8-17)9-18;/h1,4-5,10H,2-3,6-9,17H2;1H. The van der Waals surface area contributed by atoms with Crippen molar-refractivity contribution in [3.05, 3.63) is 35.4 Å². The van der Waals surface area contributed by atoms with Gasteiger partial charge in [-0.05, 0) is 31.4 Å². The van der Waals surface area contributed by atoms with Gasteiger partial charge >= 0.3 is 0 Å². The van der Waals surface area contributed by atoms with E-state index in [4.69, 9.17) is 5.73 Å². The zero-order valence-corrected chi connectivity index (χ0v) is 12.0. The van der Waals surface area contributed by atoms with Crippen LogP contribution in [-0.4, -0.2) is 30.4 Å². The van der Waals surface area contributed by atoms with Crippen LogP contribution in [0, 0.1) is 17.6 Å². The highest BCUT2D eigenvalue weighted by atomic mass is 35.5. The van der Waals surface area contributed by atoms with Gasteiger partial charge in [0.25, 0.3) is 0 Å². The summed E-state index contributed by atoms with van der Waals surface area (Å²) in [5.74, 6) is -1.69. The maximum Gasteiger partial charge on any atom is 0.227 e. The van der Waals surface area contributed by atoms with Crippen LogP contribution in [0.15, 0.2) is 18.2 Å². The van der Waals surface area contributed by atoms with Crippen LogP contribution in [0.2, 0.25) is 0 Å². The van der Waals surface area contributed by atoms with E-state index in [9.17, 15) is 13.6 Å². The Morgan fingerprint density at radius 1 is 1.40 bits per heavy atom. The van der Waals surface area contributed by atoms with Gasteiger partial charge < -0.3 is 10.6 Å². The molecule has 1 aliphatic heterocycles. The summed E-state index contributed by atoms with van der Waals surface area (Å²) in [5.41, 5.74) is 5.73. The van der Waals surface area contributed by atoms with E-state index in [0.29, 0.717) is 25.6 Å². The maximum absolute atomic E-state index is 13.5. The molecular formula is C14H19ClF2N2O. The molecule has 3 nitrogen and oxygen atoms in total. The molecule has 1 saturated heterocycles. The zero-order chi connectivity index (χ0) is 13.8. The second-order valence-electron chi connectivity index (χ2n) is 4.97. The fourth-order valence-electron chi connectivity index (χ4n) is 2.44. The van der Waals surface area contributed by atoms with Gasteiger partial charge in [-0.25, -0.2) is 8.78 Å². The molecule has 1 fully saturated rings. The second kappa shape index (κ2) is 7.55.